The van der Waals surface area contributed by atoms with Crippen molar-refractivity contribution in [3.8, 4) is 0 Å². The second-order valence-corrected chi connectivity index (χ2v) is 9.60. The van der Waals surface area contributed by atoms with Crippen LogP contribution in [0.5, 0.6) is 0 Å². The predicted molar refractivity (Wildman–Crippen MR) is 133 cm³/mol. The molecule has 1 amide bonds. The van der Waals surface area contributed by atoms with Crippen LogP contribution in [0.1, 0.15) is 61.1 Å². The van der Waals surface area contributed by atoms with Gasteiger partial charge in [-0.3, -0.25) is 4.79 Å². The van der Waals surface area contributed by atoms with E-state index in [1.165, 1.54) is 6.42 Å². The Morgan fingerprint density at radius 3 is 2.57 bits per heavy atom. The Hall–Kier alpha value is -3.09. The van der Waals surface area contributed by atoms with Crippen LogP contribution in [0.15, 0.2) is 71.0 Å². The van der Waals surface area contributed by atoms with Crippen LogP contribution in [0.2, 0.25) is 0 Å². The average Bonchev–Trinajstić information content (AvgIpc) is 3.36. The van der Waals surface area contributed by atoms with Crippen molar-refractivity contribution in [3.63, 3.8) is 0 Å². The van der Waals surface area contributed by atoms with Crippen molar-refractivity contribution in [3.05, 3.63) is 83.3 Å². The maximum atomic E-state index is 13.5. The average molecular weight is 476 g/mol. The van der Waals surface area contributed by atoms with Gasteiger partial charge in [0.1, 0.15) is 5.58 Å². The van der Waals surface area contributed by atoms with Crippen LogP contribution in [0.4, 0.5) is 0 Å². The number of allylic oxidation sites excluding steroid dienone is 1. The highest BCUT2D eigenvalue weighted by atomic mass is 16.7. The Kier molecular flexibility index (Phi) is 7.21. The molecule has 1 aliphatic heterocycles. The topological polar surface area (TPSA) is 72.1 Å². The normalized spacial score (nSPS) is 20.9. The van der Waals surface area contributed by atoms with E-state index in [0.29, 0.717) is 18.8 Å². The van der Waals surface area contributed by atoms with E-state index in [1.54, 1.807) is 6.26 Å². The fourth-order valence-electron chi connectivity index (χ4n) is 5.15. The molecule has 184 valence electrons. The first-order valence-electron chi connectivity index (χ1n) is 12.5. The van der Waals surface area contributed by atoms with Gasteiger partial charge in [-0.1, -0.05) is 61.7 Å². The number of likely N-dealkylation sites (N-methyl/N-ethyl adjacent to an activating group) is 1. The van der Waals surface area contributed by atoms with E-state index in [2.05, 4.69) is 0 Å². The lowest BCUT2D eigenvalue weighted by Gasteiger charge is -2.34. The van der Waals surface area contributed by atoms with Gasteiger partial charge in [0.15, 0.2) is 5.76 Å². The van der Waals surface area contributed by atoms with Gasteiger partial charge in [-0.25, -0.2) is 0 Å². The second-order valence-electron chi connectivity index (χ2n) is 9.60. The molecule has 1 N–H and O–H groups in total. The number of amides is 1. The van der Waals surface area contributed by atoms with Gasteiger partial charge >= 0.3 is 0 Å². The fraction of sp³-hybridized carbons (Fsp3) is 0.414. The summed E-state index contributed by atoms with van der Waals surface area (Å²) in [5, 5.41) is 10.3. The number of furan rings is 1. The van der Waals surface area contributed by atoms with Gasteiger partial charge in [0.25, 0.3) is 5.91 Å². The van der Waals surface area contributed by atoms with E-state index in [1.807, 2.05) is 66.6 Å². The van der Waals surface area contributed by atoms with Crippen LogP contribution in [-0.2, 0) is 27.5 Å². The first kappa shape index (κ1) is 23.6. The Labute approximate surface area is 206 Å². The number of carbonyl (C=O) groups is 1. The van der Waals surface area contributed by atoms with Crippen molar-refractivity contribution in [2.24, 2.45) is 0 Å². The second kappa shape index (κ2) is 10.7. The third-order valence-electron chi connectivity index (χ3n) is 7.26. The molecule has 2 heterocycles. The molecule has 3 aromatic rings. The maximum absolute atomic E-state index is 13.5. The molecule has 1 aromatic heterocycles. The molecule has 1 aliphatic carbocycles. The summed E-state index contributed by atoms with van der Waals surface area (Å²) in [6.45, 7) is 0.368. The molecule has 6 nitrogen and oxygen atoms in total. The Bertz CT molecular complexity index is 1180. The van der Waals surface area contributed by atoms with Crippen molar-refractivity contribution in [2.45, 2.75) is 70.0 Å². The van der Waals surface area contributed by atoms with Crippen LogP contribution in [0, 0.1) is 0 Å². The number of fused-ring (bicyclic) bond motifs is 1. The number of carbonyl (C=O) groups excluding carboxylic acids is 1. The first-order chi connectivity index (χ1) is 17.1. The highest BCUT2D eigenvalue weighted by Crippen LogP contribution is 2.37. The number of ether oxygens (including phenoxy) is 2. The van der Waals surface area contributed by atoms with Crippen LogP contribution < -0.4 is 0 Å². The van der Waals surface area contributed by atoms with Gasteiger partial charge in [-0.15, -0.1) is 0 Å². The molecule has 1 fully saturated rings. The van der Waals surface area contributed by atoms with Gasteiger partial charge in [-0.2, -0.15) is 0 Å². The van der Waals surface area contributed by atoms with Gasteiger partial charge in [0, 0.05) is 36.4 Å². The summed E-state index contributed by atoms with van der Waals surface area (Å²) in [7, 11) is 1.89. The van der Waals surface area contributed by atoms with Gasteiger partial charge in [0.2, 0.25) is 6.29 Å². The number of rotatable bonds is 7. The smallest absolute Gasteiger partial charge is 0.288 e. The number of nitrogens with zero attached hydrogens (tertiary/aromatic N) is 1. The number of hydrogen-bond donors (Lipinski definition) is 1. The molecule has 5 rings (SSSR count). The predicted octanol–water partition coefficient (Wildman–Crippen LogP) is 5.65. The van der Waals surface area contributed by atoms with Crippen molar-refractivity contribution >= 4 is 16.9 Å². The summed E-state index contributed by atoms with van der Waals surface area (Å²) < 4.78 is 18.1. The Morgan fingerprint density at radius 1 is 1.06 bits per heavy atom. The van der Waals surface area contributed by atoms with Crippen LogP contribution >= 0.6 is 0 Å². The number of aliphatic hydroxyl groups is 1. The highest BCUT2D eigenvalue weighted by molar-refractivity contribution is 5.92. The molecule has 0 radical (unpaired) electrons. The quantitative estimate of drug-likeness (QED) is 0.478. The number of para-hydroxylation sites is 1. The van der Waals surface area contributed by atoms with E-state index in [4.69, 9.17) is 13.9 Å². The van der Waals surface area contributed by atoms with E-state index in [0.717, 1.165) is 53.3 Å². The maximum Gasteiger partial charge on any atom is 0.288 e. The van der Waals surface area contributed by atoms with Crippen LogP contribution in [0.25, 0.3) is 11.0 Å². The number of aliphatic hydroxyl groups excluding tert-OH is 1. The minimum Gasteiger partial charge on any atom is -0.464 e. The van der Waals surface area contributed by atoms with Gasteiger partial charge < -0.3 is 23.9 Å². The number of hydrogen-bond acceptors (Lipinski definition) is 5. The standard InChI is InChI=1S/C29H33NO5/c1-30(23-7-3-2-4-8-23)29(32)27-15-22(25-19-33-26-10-6-5-9-24(25)26)16-28(35-27)34-18-21-13-11-20(17-31)12-14-21/h5-6,9-15,19,22-23,28,31H,2-4,7-8,16-18H2,1H3. The molecule has 1 saturated carbocycles. The van der Waals surface area contributed by atoms with E-state index >= 15 is 0 Å². The van der Waals surface area contributed by atoms with Crippen molar-refractivity contribution in [1.82, 2.24) is 4.90 Å². The number of benzene rings is 2. The van der Waals surface area contributed by atoms with Crippen LogP contribution in [0.3, 0.4) is 0 Å². The molecule has 35 heavy (non-hydrogen) atoms. The van der Waals surface area contributed by atoms with Crippen molar-refractivity contribution < 1.29 is 23.8 Å². The van der Waals surface area contributed by atoms with Crippen LogP contribution in [-0.4, -0.2) is 35.3 Å². The zero-order valence-electron chi connectivity index (χ0n) is 20.2. The Morgan fingerprint density at radius 2 is 1.80 bits per heavy atom. The lowest BCUT2D eigenvalue weighted by Crippen LogP contribution is -2.41. The molecule has 0 bridgehead atoms. The Balaban J connectivity index is 1.38. The minimum atomic E-state index is -0.560. The summed E-state index contributed by atoms with van der Waals surface area (Å²) in [6.07, 6.45) is 9.38. The molecule has 0 saturated heterocycles. The van der Waals surface area contributed by atoms with Crippen molar-refractivity contribution in [2.75, 3.05) is 7.05 Å². The minimum absolute atomic E-state index is 0.0119. The van der Waals surface area contributed by atoms with Gasteiger partial charge in [0.05, 0.1) is 19.5 Å². The first-order valence-corrected chi connectivity index (χ1v) is 12.5. The SMILES string of the molecule is CN(C(=O)C1=CC(c2coc3ccccc23)CC(OCc2ccc(CO)cc2)O1)C1CCCCC1. The lowest BCUT2D eigenvalue weighted by atomic mass is 9.91. The largest absolute Gasteiger partial charge is 0.464 e. The van der Waals surface area contributed by atoms with E-state index in [-0.39, 0.29) is 24.5 Å². The van der Waals surface area contributed by atoms with Gasteiger partial charge in [-0.05, 0) is 36.1 Å². The third-order valence-corrected chi connectivity index (χ3v) is 7.26. The molecule has 6 heteroatoms. The summed E-state index contributed by atoms with van der Waals surface area (Å²) in [6, 6.07) is 15.8. The summed E-state index contributed by atoms with van der Waals surface area (Å²) in [5.74, 6) is 0.198. The van der Waals surface area contributed by atoms with E-state index < -0.39 is 6.29 Å². The molecule has 2 aliphatic rings. The monoisotopic (exact) mass is 475 g/mol. The summed E-state index contributed by atoms with van der Waals surface area (Å²) in [5.41, 5.74) is 3.71. The highest BCUT2D eigenvalue weighted by Gasteiger charge is 2.33. The lowest BCUT2D eigenvalue weighted by molar-refractivity contribution is -0.156. The zero-order valence-corrected chi connectivity index (χ0v) is 20.2. The molecular weight excluding hydrogens is 442 g/mol. The molecule has 2 unspecified atom stereocenters. The fourth-order valence-corrected chi connectivity index (χ4v) is 5.15. The zero-order chi connectivity index (χ0) is 24.2. The summed E-state index contributed by atoms with van der Waals surface area (Å²) >= 11 is 0. The summed E-state index contributed by atoms with van der Waals surface area (Å²) in [4.78, 5) is 15.3. The van der Waals surface area contributed by atoms with Crippen molar-refractivity contribution in [1.29, 1.82) is 0 Å². The molecular formula is C29H33NO5. The molecule has 2 atom stereocenters. The molecule has 2 aromatic carbocycles. The van der Waals surface area contributed by atoms with E-state index in [9.17, 15) is 9.90 Å². The molecule has 0 spiro atoms. The third kappa shape index (κ3) is 5.29.